The van der Waals surface area contributed by atoms with Crippen LogP contribution in [0.4, 0.5) is 14.5 Å². The number of pyridine rings is 1. The quantitative estimate of drug-likeness (QED) is 0.313. The van der Waals surface area contributed by atoms with Gasteiger partial charge in [-0.3, -0.25) is 9.88 Å². The number of piperazine rings is 1. The van der Waals surface area contributed by atoms with Gasteiger partial charge < -0.3 is 9.42 Å². The monoisotopic (exact) mass is 508 g/mol. The minimum Gasteiger partial charge on any atom is -0.368 e. The zero-order chi connectivity index (χ0) is 26.1. The van der Waals surface area contributed by atoms with Gasteiger partial charge in [-0.05, 0) is 54.1 Å². The molecule has 0 atom stereocenters. The number of aromatic nitrogens is 3. The standard InChI is InChI=1S/C29H22F2N6O/c30-22-5-7-25(31)24(16-22)20-4-6-23-26(15-20)33-9-8-27(23)37-12-10-36(11-13-37)18-28-34-29(38-35-28)21-3-1-2-19(14-21)17-32/h1-9,14-16H,10-13,18H2. The average molecular weight is 509 g/mol. The van der Waals surface area contributed by atoms with E-state index in [0.717, 1.165) is 60.5 Å². The SMILES string of the molecule is N#Cc1cccc(-c2nc(CN3CCN(c4ccnc5cc(-c6cc(F)ccc6F)ccc45)CC3)no2)c1. The molecule has 5 aromatic rings. The summed E-state index contributed by atoms with van der Waals surface area (Å²) in [5.74, 6) is 0.0486. The van der Waals surface area contributed by atoms with Crippen LogP contribution in [0.1, 0.15) is 11.4 Å². The molecule has 0 bridgehead atoms. The van der Waals surface area contributed by atoms with Crippen LogP contribution >= 0.6 is 0 Å². The van der Waals surface area contributed by atoms with Gasteiger partial charge in [0.05, 0.1) is 23.7 Å². The van der Waals surface area contributed by atoms with Crippen molar-refractivity contribution in [1.29, 1.82) is 5.26 Å². The van der Waals surface area contributed by atoms with Crippen molar-refractivity contribution in [3.8, 4) is 28.7 Å². The van der Waals surface area contributed by atoms with E-state index >= 15 is 0 Å². The molecule has 0 unspecified atom stereocenters. The van der Waals surface area contributed by atoms with Crippen LogP contribution in [0.25, 0.3) is 33.5 Å². The third kappa shape index (κ3) is 4.69. The third-order valence-electron chi connectivity index (χ3n) is 6.74. The summed E-state index contributed by atoms with van der Waals surface area (Å²) in [6.07, 6.45) is 1.75. The van der Waals surface area contributed by atoms with Gasteiger partial charge in [-0.15, -0.1) is 0 Å². The van der Waals surface area contributed by atoms with Gasteiger partial charge in [0, 0.05) is 54.6 Å². The highest BCUT2D eigenvalue weighted by molar-refractivity contribution is 5.94. The highest BCUT2D eigenvalue weighted by Gasteiger charge is 2.21. The predicted octanol–water partition coefficient (Wildman–Crippen LogP) is 5.42. The Kier molecular flexibility index (Phi) is 6.23. The Morgan fingerprint density at radius 3 is 2.63 bits per heavy atom. The van der Waals surface area contributed by atoms with Crippen molar-refractivity contribution in [1.82, 2.24) is 20.0 Å². The van der Waals surface area contributed by atoms with E-state index in [1.807, 2.05) is 24.3 Å². The number of fused-ring (bicyclic) bond motifs is 1. The van der Waals surface area contributed by atoms with Crippen molar-refractivity contribution in [3.63, 3.8) is 0 Å². The van der Waals surface area contributed by atoms with Crippen molar-refractivity contribution >= 4 is 16.6 Å². The van der Waals surface area contributed by atoms with E-state index in [4.69, 9.17) is 9.78 Å². The van der Waals surface area contributed by atoms with Crippen molar-refractivity contribution in [2.75, 3.05) is 31.1 Å². The van der Waals surface area contributed by atoms with Crippen molar-refractivity contribution in [2.24, 2.45) is 0 Å². The Hall–Kier alpha value is -4.68. The maximum absolute atomic E-state index is 14.3. The smallest absolute Gasteiger partial charge is 0.258 e. The van der Waals surface area contributed by atoms with E-state index in [0.29, 0.717) is 29.4 Å². The van der Waals surface area contributed by atoms with Crippen LogP contribution in [0, 0.1) is 23.0 Å². The van der Waals surface area contributed by atoms with Gasteiger partial charge >= 0.3 is 0 Å². The number of nitrogens with zero attached hydrogens (tertiary/aromatic N) is 6. The molecule has 1 fully saturated rings. The molecule has 2 aromatic heterocycles. The van der Waals surface area contributed by atoms with E-state index in [-0.39, 0.29) is 5.56 Å². The summed E-state index contributed by atoms with van der Waals surface area (Å²) >= 11 is 0. The van der Waals surface area contributed by atoms with Crippen LogP contribution in [0.15, 0.2) is 77.4 Å². The van der Waals surface area contributed by atoms with E-state index in [1.54, 1.807) is 30.5 Å². The highest BCUT2D eigenvalue weighted by Crippen LogP contribution is 2.31. The minimum atomic E-state index is -0.480. The molecule has 1 saturated heterocycles. The molecule has 0 amide bonds. The molecule has 188 valence electrons. The second kappa shape index (κ2) is 10.00. The lowest BCUT2D eigenvalue weighted by atomic mass is 10.0. The normalized spacial score (nSPS) is 14.1. The molecule has 6 rings (SSSR count). The van der Waals surface area contributed by atoms with Crippen molar-refractivity contribution in [2.45, 2.75) is 6.54 Å². The summed E-state index contributed by atoms with van der Waals surface area (Å²) in [5, 5.41) is 14.2. The fraction of sp³-hybridized carbons (Fsp3) is 0.172. The summed E-state index contributed by atoms with van der Waals surface area (Å²) < 4.78 is 33.5. The Morgan fingerprint density at radius 2 is 1.79 bits per heavy atom. The second-order valence-corrected chi connectivity index (χ2v) is 9.16. The zero-order valence-electron chi connectivity index (χ0n) is 20.3. The van der Waals surface area contributed by atoms with Gasteiger partial charge in [0.15, 0.2) is 5.82 Å². The summed E-state index contributed by atoms with van der Waals surface area (Å²) in [6.45, 7) is 3.78. The lowest BCUT2D eigenvalue weighted by Crippen LogP contribution is -2.46. The molecule has 7 nitrogen and oxygen atoms in total. The first-order valence-corrected chi connectivity index (χ1v) is 12.2. The maximum Gasteiger partial charge on any atom is 0.258 e. The molecule has 9 heteroatoms. The Morgan fingerprint density at radius 1 is 0.921 bits per heavy atom. The van der Waals surface area contributed by atoms with Gasteiger partial charge in [0.2, 0.25) is 0 Å². The molecule has 0 radical (unpaired) electrons. The van der Waals surface area contributed by atoms with Crippen LogP contribution in [-0.2, 0) is 6.54 Å². The van der Waals surface area contributed by atoms with E-state index in [1.165, 1.54) is 6.07 Å². The number of nitriles is 1. The fourth-order valence-electron chi connectivity index (χ4n) is 4.80. The first kappa shape index (κ1) is 23.7. The minimum absolute atomic E-state index is 0.218. The summed E-state index contributed by atoms with van der Waals surface area (Å²) in [4.78, 5) is 13.6. The molecule has 3 aromatic carbocycles. The molecule has 0 aliphatic carbocycles. The van der Waals surface area contributed by atoms with Crippen LogP contribution in [-0.4, -0.2) is 46.2 Å². The molecule has 1 aliphatic rings. The summed E-state index contributed by atoms with van der Waals surface area (Å²) in [7, 11) is 0. The number of hydrogen-bond donors (Lipinski definition) is 0. The number of hydrogen-bond acceptors (Lipinski definition) is 7. The number of anilines is 1. The zero-order valence-corrected chi connectivity index (χ0v) is 20.3. The molecule has 1 aliphatic heterocycles. The van der Waals surface area contributed by atoms with Gasteiger partial charge in [-0.25, -0.2) is 8.78 Å². The van der Waals surface area contributed by atoms with E-state index < -0.39 is 11.6 Å². The number of halogens is 2. The van der Waals surface area contributed by atoms with E-state index in [2.05, 4.69) is 31.0 Å². The number of benzene rings is 3. The first-order chi connectivity index (χ1) is 18.6. The van der Waals surface area contributed by atoms with Gasteiger partial charge in [0.25, 0.3) is 5.89 Å². The molecule has 0 N–H and O–H groups in total. The van der Waals surface area contributed by atoms with Crippen molar-refractivity contribution in [3.05, 3.63) is 95.9 Å². The van der Waals surface area contributed by atoms with Crippen LogP contribution in [0.3, 0.4) is 0 Å². The average Bonchev–Trinajstić information content (AvgIpc) is 3.43. The lowest BCUT2D eigenvalue weighted by molar-refractivity contribution is 0.240. The Balaban J connectivity index is 1.15. The summed E-state index contributed by atoms with van der Waals surface area (Å²) in [5.41, 5.74) is 3.85. The third-order valence-corrected chi connectivity index (χ3v) is 6.74. The first-order valence-electron chi connectivity index (χ1n) is 12.2. The van der Waals surface area contributed by atoms with Gasteiger partial charge in [0.1, 0.15) is 11.6 Å². The summed E-state index contributed by atoms with van der Waals surface area (Å²) in [6, 6.07) is 20.2. The molecule has 38 heavy (non-hydrogen) atoms. The topological polar surface area (TPSA) is 82.1 Å². The van der Waals surface area contributed by atoms with E-state index in [9.17, 15) is 8.78 Å². The molecule has 0 spiro atoms. The largest absolute Gasteiger partial charge is 0.368 e. The fourth-order valence-corrected chi connectivity index (χ4v) is 4.80. The Bertz CT molecular complexity index is 1670. The second-order valence-electron chi connectivity index (χ2n) is 9.16. The number of rotatable bonds is 5. The molecular formula is C29H22F2N6O. The predicted molar refractivity (Wildman–Crippen MR) is 139 cm³/mol. The van der Waals surface area contributed by atoms with Gasteiger partial charge in [-0.1, -0.05) is 23.4 Å². The van der Waals surface area contributed by atoms with Crippen molar-refractivity contribution < 1.29 is 13.3 Å². The lowest BCUT2D eigenvalue weighted by Gasteiger charge is -2.36. The van der Waals surface area contributed by atoms with Crippen LogP contribution in [0.2, 0.25) is 0 Å². The molecule has 0 saturated carbocycles. The Labute approximate surface area is 217 Å². The van der Waals surface area contributed by atoms with Gasteiger partial charge in [-0.2, -0.15) is 10.2 Å². The molecular weight excluding hydrogens is 486 g/mol. The maximum atomic E-state index is 14.3. The highest BCUT2D eigenvalue weighted by atomic mass is 19.1. The van der Waals surface area contributed by atoms with Crippen LogP contribution < -0.4 is 4.90 Å². The molecule has 3 heterocycles. The van der Waals surface area contributed by atoms with Crippen LogP contribution in [0.5, 0.6) is 0 Å².